The minimum atomic E-state index is -0.0730. The van der Waals surface area contributed by atoms with Gasteiger partial charge in [0, 0.05) is 31.5 Å². The number of hydrazine groups is 1. The van der Waals surface area contributed by atoms with Gasteiger partial charge in [-0.25, -0.2) is 5.43 Å². The maximum absolute atomic E-state index is 5.60. The Morgan fingerprint density at radius 3 is 2.88 bits per heavy atom. The average molecular weight is 220 g/mol. The van der Waals surface area contributed by atoms with E-state index in [0.717, 1.165) is 17.8 Å². The van der Waals surface area contributed by atoms with Crippen LogP contribution in [0.3, 0.4) is 0 Å². The molecule has 2 heterocycles. The van der Waals surface area contributed by atoms with E-state index in [9.17, 15) is 0 Å². The normalized spacial score (nSPS) is 12.9. The zero-order valence-electron chi connectivity index (χ0n) is 9.46. The molecule has 0 saturated heterocycles. The van der Waals surface area contributed by atoms with E-state index in [1.807, 2.05) is 30.9 Å². The summed E-state index contributed by atoms with van der Waals surface area (Å²) in [6.07, 6.45) is 5.52. The summed E-state index contributed by atoms with van der Waals surface area (Å²) >= 11 is 0. The van der Waals surface area contributed by atoms with E-state index in [2.05, 4.69) is 15.6 Å². The highest BCUT2D eigenvalue weighted by Gasteiger charge is 2.17. The van der Waals surface area contributed by atoms with E-state index in [4.69, 9.17) is 5.84 Å². The predicted molar refractivity (Wildman–Crippen MR) is 60.3 cm³/mol. The maximum atomic E-state index is 5.60. The summed E-state index contributed by atoms with van der Waals surface area (Å²) in [7, 11) is 1.88. The lowest BCUT2D eigenvalue weighted by molar-refractivity contribution is 0.543. The SMILES string of the molecule is CCn1nccc1C(NN)c1cnn(C)c1. The van der Waals surface area contributed by atoms with E-state index in [0.29, 0.717) is 0 Å². The third kappa shape index (κ3) is 1.84. The molecule has 0 aromatic carbocycles. The van der Waals surface area contributed by atoms with Gasteiger partial charge in [0.2, 0.25) is 0 Å². The molecule has 0 saturated carbocycles. The molecule has 0 aliphatic heterocycles. The standard InChI is InChI=1S/C10H16N6/c1-3-16-9(4-5-12-16)10(14-11)8-6-13-15(2)7-8/h4-7,10,14H,3,11H2,1-2H3. The molecular formula is C10H16N6. The monoisotopic (exact) mass is 220 g/mol. The van der Waals surface area contributed by atoms with Crippen LogP contribution in [0, 0.1) is 0 Å². The minimum Gasteiger partial charge on any atom is -0.275 e. The fraction of sp³-hybridized carbons (Fsp3) is 0.400. The largest absolute Gasteiger partial charge is 0.275 e. The summed E-state index contributed by atoms with van der Waals surface area (Å²) < 4.78 is 3.67. The molecule has 1 unspecified atom stereocenters. The molecule has 0 aliphatic rings. The quantitative estimate of drug-likeness (QED) is 0.570. The molecule has 6 nitrogen and oxygen atoms in total. The smallest absolute Gasteiger partial charge is 0.0908 e. The topological polar surface area (TPSA) is 73.7 Å². The van der Waals surface area contributed by atoms with E-state index >= 15 is 0 Å². The van der Waals surface area contributed by atoms with Crippen LogP contribution in [0.2, 0.25) is 0 Å². The lowest BCUT2D eigenvalue weighted by Gasteiger charge is -2.15. The van der Waals surface area contributed by atoms with Crippen molar-refractivity contribution in [3.8, 4) is 0 Å². The highest BCUT2D eigenvalue weighted by molar-refractivity contribution is 5.23. The summed E-state index contributed by atoms with van der Waals surface area (Å²) in [6, 6.07) is 1.89. The Labute approximate surface area is 94.0 Å². The first-order valence-electron chi connectivity index (χ1n) is 5.22. The Hall–Kier alpha value is -1.66. The Kier molecular flexibility index (Phi) is 3.02. The van der Waals surface area contributed by atoms with Gasteiger partial charge >= 0.3 is 0 Å². The van der Waals surface area contributed by atoms with Crippen molar-refractivity contribution < 1.29 is 0 Å². The molecule has 0 fully saturated rings. The first kappa shape index (κ1) is 10.8. The van der Waals surface area contributed by atoms with Crippen LogP contribution in [0.15, 0.2) is 24.7 Å². The van der Waals surface area contributed by atoms with Crippen LogP contribution in [-0.4, -0.2) is 19.6 Å². The summed E-state index contributed by atoms with van der Waals surface area (Å²) in [6.45, 7) is 2.87. The van der Waals surface area contributed by atoms with Crippen molar-refractivity contribution in [2.45, 2.75) is 19.5 Å². The van der Waals surface area contributed by atoms with Gasteiger partial charge in [-0.3, -0.25) is 15.2 Å². The van der Waals surface area contributed by atoms with Crippen molar-refractivity contribution in [3.05, 3.63) is 35.9 Å². The number of rotatable bonds is 4. The van der Waals surface area contributed by atoms with Crippen molar-refractivity contribution in [1.29, 1.82) is 0 Å². The fourth-order valence-electron chi connectivity index (χ4n) is 1.79. The summed E-state index contributed by atoms with van der Waals surface area (Å²) in [5.41, 5.74) is 4.86. The number of nitrogens with two attached hydrogens (primary N) is 1. The highest BCUT2D eigenvalue weighted by atomic mass is 15.3. The van der Waals surface area contributed by atoms with Crippen LogP contribution in [0.1, 0.15) is 24.2 Å². The second kappa shape index (κ2) is 4.46. The van der Waals surface area contributed by atoms with E-state index in [1.54, 1.807) is 17.1 Å². The third-order valence-corrected chi connectivity index (χ3v) is 2.57. The van der Waals surface area contributed by atoms with Crippen molar-refractivity contribution in [2.24, 2.45) is 12.9 Å². The summed E-state index contributed by atoms with van der Waals surface area (Å²) in [5, 5.41) is 8.37. The molecule has 0 amide bonds. The molecule has 0 bridgehead atoms. The van der Waals surface area contributed by atoms with Crippen LogP contribution in [0.5, 0.6) is 0 Å². The van der Waals surface area contributed by atoms with Gasteiger partial charge in [-0.1, -0.05) is 0 Å². The highest BCUT2D eigenvalue weighted by Crippen LogP contribution is 2.20. The fourth-order valence-corrected chi connectivity index (χ4v) is 1.79. The summed E-state index contributed by atoms with van der Waals surface area (Å²) in [5.74, 6) is 5.60. The molecule has 1 atom stereocenters. The number of aromatic nitrogens is 4. The van der Waals surface area contributed by atoms with Crippen molar-refractivity contribution in [1.82, 2.24) is 25.0 Å². The van der Waals surface area contributed by atoms with Crippen LogP contribution in [0.4, 0.5) is 0 Å². The number of nitrogens with one attached hydrogen (secondary N) is 1. The van der Waals surface area contributed by atoms with Crippen LogP contribution < -0.4 is 11.3 Å². The molecule has 86 valence electrons. The maximum Gasteiger partial charge on any atom is 0.0908 e. The number of nitrogens with zero attached hydrogens (tertiary/aromatic N) is 4. The first-order chi connectivity index (χ1) is 7.76. The predicted octanol–water partition coefficient (Wildman–Crippen LogP) is 0.189. The lowest BCUT2D eigenvalue weighted by atomic mass is 10.1. The Morgan fingerprint density at radius 2 is 2.31 bits per heavy atom. The van der Waals surface area contributed by atoms with E-state index in [-0.39, 0.29) is 6.04 Å². The van der Waals surface area contributed by atoms with Crippen LogP contribution in [-0.2, 0) is 13.6 Å². The first-order valence-corrected chi connectivity index (χ1v) is 5.22. The van der Waals surface area contributed by atoms with Gasteiger partial charge in [-0.05, 0) is 13.0 Å². The number of aryl methyl sites for hydroxylation is 2. The van der Waals surface area contributed by atoms with Gasteiger partial charge in [0.1, 0.15) is 0 Å². The molecule has 0 radical (unpaired) electrons. The molecule has 2 rings (SSSR count). The van der Waals surface area contributed by atoms with E-state index < -0.39 is 0 Å². The van der Waals surface area contributed by atoms with Crippen molar-refractivity contribution in [2.75, 3.05) is 0 Å². The molecule has 0 aliphatic carbocycles. The number of hydrogen-bond acceptors (Lipinski definition) is 4. The van der Waals surface area contributed by atoms with Crippen molar-refractivity contribution in [3.63, 3.8) is 0 Å². The molecule has 2 aromatic rings. The third-order valence-electron chi connectivity index (χ3n) is 2.57. The Balaban J connectivity index is 2.36. The van der Waals surface area contributed by atoms with Gasteiger partial charge < -0.3 is 0 Å². The molecule has 3 N–H and O–H groups in total. The van der Waals surface area contributed by atoms with Crippen molar-refractivity contribution >= 4 is 0 Å². The van der Waals surface area contributed by atoms with Gasteiger partial charge in [0.15, 0.2) is 0 Å². The van der Waals surface area contributed by atoms with Gasteiger partial charge in [0.05, 0.1) is 17.9 Å². The average Bonchev–Trinajstić information content (AvgIpc) is 2.89. The van der Waals surface area contributed by atoms with Crippen LogP contribution >= 0.6 is 0 Å². The van der Waals surface area contributed by atoms with Gasteiger partial charge in [0.25, 0.3) is 0 Å². The van der Waals surface area contributed by atoms with E-state index in [1.165, 1.54) is 0 Å². The Morgan fingerprint density at radius 1 is 1.50 bits per heavy atom. The van der Waals surface area contributed by atoms with Gasteiger partial charge in [-0.2, -0.15) is 10.2 Å². The minimum absolute atomic E-state index is 0.0730. The molecular weight excluding hydrogens is 204 g/mol. The Bertz CT molecular complexity index is 457. The molecule has 6 heteroatoms. The molecule has 2 aromatic heterocycles. The molecule has 0 spiro atoms. The second-order valence-electron chi connectivity index (χ2n) is 3.62. The zero-order valence-corrected chi connectivity index (χ0v) is 9.46. The molecule has 16 heavy (non-hydrogen) atoms. The van der Waals surface area contributed by atoms with Crippen LogP contribution in [0.25, 0.3) is 0 Å². The second-order valence-corrected chi connectivity index (χ2v) is 3.62. The lowest BCUT2D eigenvalue weighted by Crippen LogP contribution is -2.30. The summed E-state index contributed by atoms with van der Waals surface area (Å²) in [4.78, 5) is 0. The number of hydrogen-bond donors (Lipinski definition) is 2. The zero-order chi connectivity index (χ0) is 11.5. The van der Waals surface area contributed by atoms with Gasteiger partial charge in [-0.15, -0.1) is 0 Å².